The lowest BCUT2D eigenvalue weighted by molar-refractivity contribution is -0.186. The summed E-state index contributed by atoms with van der Waals surface area (Å²) >= 11 is 0. The molecule has 1 fully saturated rings. The van der Waals surface area contributed by atoms with Crippen LogP contribution in [0.4, 0.5) is 0 Å². The second-order valence-corrected chi connectivity index (χ2v) is 3.92. The molecule has 20 heavy (non-hydrogen) atoms. The minimum Gasteiger partial charge on any atom is -0.451 e. The third-order valence-corrected chi connectivity index (χ3v) is 2.44. The molecule has 1 aromatic rings. The van der Waals surface area contributed by atoms with Gasteiger partial charge in [-0.2, -0.15) is 0 Å². The van der Waals surface area contributed by atoms with E-state index < -0.39 is 43.0 Å². The molecule has 1 aromatic carbocycles. The largest absolute Gasteiger partial charge is 0.451 e. The molecular formula is C13H10O7. The zero-order valence-corrected chi connectivity index (χ0v) is 10.2. The van der Waals surface area contributed by atoms with Crippen LogP contribution in [0.5, 0.6) is 0 Å². The molecule has 1 unspecified atom stereocenters. The number of ether oxygens (including phenoxy) is 3. The molecule has 0 spiro atoms. The first-order valence-electron chi connectivity index (χ1n) is 5.72. The van der Waals surface area contributed by atoms with Gasteiger partial charge in [0.25, 0.3) is 0 Å². The first kappa shape index (κ1) is 13.7. The first-order valence-corrected chi connectivity index (χ1v) is 5.72. The Kier molecular flexibility index (Phi) is 4.09. The Morgan fingerprint density at radius 2 is 1.90 bits per heavy atom. The number of benzene rings is 1. The predicted octanol–water partition coefficient (Wildman–Crippen LogP) is 0.229. The molecule has 1 atom stereocenters. The molecule has 0 saturated carbocycles. The van der Waals surface area contributed by atoms with Crippen molar-refractivity contribution in [3.05, 3.63) is 35.9 Å². The Morgan fingerprint density at radius 3 is 2.60 bits per heavy atom. The molecule has 1 aliphatic heterocycles. The fraction of sp³-hybridized carbons (Fsp3) is 0.231. The minimum absolute atomic E-state index is 0.198. The lowest BCUT2D eigenvalue weighted by Gasteiger charge is -2.20. The van der Waals surface area contributed by atoms with E-state index in [0.717, 1.165) is 0 Å². The van der Waals surface area contributed by atoms with Crippen LogP contribution in [0.1, 0.15) is 16.8 Å². The average Bonchev–Trinajstić information content (AvgIpc) is 2.43. The Balaban J connectivity index is 1.91. The minimum atomic E-state index is -1.37. The molecule has 7 nitrogen and oxygen atoms in total. The van der Waals surface area contributed by atoms with E-state index in [4.69, 9.17) is 0 Å². The van der Waals surface area contributed by atoms with Gasteiger partial charge in [-0.15, -0.1) is 0 Å². The molecule has 0 radical (unpaired) electrons. The van der Waals surface area contributed by atoms with Gasteiger partial charge in [-0.1, -0.05) is 18.2 Å². The fourth-order valence-corrected chi connectivity index (χ4v) is 1.52. The fourth-order valence-electron chi connectivity index (χ4n) is 1.52. The molecule has 104 valence electrons. The van der Waals surface area contributed by atoms with E-state index in [1.54, 1.807) is 18.2 Å². The standard InChI is InChI=1S/C13H10O7/c14-10(6-9-13(17)18-7-11(15)19-9)20-12(16)8-4-2-1-3-5-8/h1-5,9H,6-7H2. The average molecular weight is 278 g/mol. The van der Waals surface area contributed by atoms with Crippen LogP contribution >= 0.6 is 0 Å². The quantitative estimate of drug-likeness (QED) is 0.443. The lowest BCUT2D eigenvalue weighted by Crippen LogP contribution is -2.39. The summed E-state index contributed by atoms with van der Waals surface area (Å²) in [6.45, 7) is -0.479. The van der Waals surface area contributed by atoms with Crippen LogP contribution in [0, 0.1) is 0 Å². The highest BCUT2D eigenvalue weighted by Crippen LogP contribution is 2.10. The van der Waals surface area contributed by atoms with Crippen molar-refractivity contribution in [3.63, 3.8) is 0 Å². The molecule has 0 bridgehead atoms. The van der Waals surface area contributed by atoms with Gasteiger partial charge in [0.1, 0.15) is 0 Å². The zero-order chi connectivity index (χ0) is 14.5. The summed E-state index contributed by atoms with van der Waals surface area (Å²) in [5.74, 6) is -3.41. The second kappa shape index (κ2) is 5.96. The molecule has 1 heterocycles. The number of carbonyl (C=O) groups is 4. The Labute approximate surface area is 113 Å². The maximum atomic E-state index is 11.6. The monoisotopic (exact) mass is 278 g/mol. The van der Waals surface area contributed by atoms with Gasteiger partial charge in [-0.3, -0.25) is 4.79 Å². The predicted molar refractivity (Wildman–Crippen MR) is 62.3 cm³/mol. The Morgan fingerprint density at radius 1 is 1.20 bits per heavy atom. The van der Waals surface area contributed by atoms with Crippen molar-refractivity contribution in [1.82, 2.24) is 0 Å². The van der Waals surface area contributed by atoms with E-state index in [-0.39, 0.29) is 5.56 Å². The van der Waals surface area contributed by atoms with Gasteiger partial charge in [0.05, 0.1) is 12.0 Å². The van der Waals surface area contributed by atoms with Crippen LogP contribution in [0.25, 0.3) is 0 Å². The van der Waals surface area contributed by atoms with Gasteiger partial charge in [0.2, 0.25) is 6.10 Å². The van der Waals surface area contributed by atoms with Crippen LogP contribution in [0.2, 0.25) is 0 Å². The van der Waals surface area contributed by atoms with Crippen molar-refractivity contribution >= 4 is 23.9 Å². The number of carbonyl (C=O) groups excluding carboxylic acids is 4. The molecule has 2 rings (SSSR count). The van der Waals surface area contributed by atoms with E-state index >= 15 is 0 Å². The maximum Gasteiger partial charge on any atom is 0.348 e. The van der Waals surface area contributed by atoms with E-state index in [0.29, 0.717) is 0 Å². The first-order chi connectivity index (χ1) is 9.56. The number of hydrogen-bond donors (Lipinski definition) is 0. The van der Waals surface area contributed by atoms with Gasteiger partial charge in [-0.05, 0) is 12.1 Å². The molecule has 0 aliphatic carbocycles. The van der Waals surface area contributed by atoms with Crippen LogP contribution in [-0.4, -0.2) is 36.6 Å². The van der Waals surface area contributed by atoms with Crippen molar-refractivity contribution in [1.29, 1.82) is 0 Å². The number of cyclic esters (lactones) is 2. The van der Waals surface area contributed by atoms with Gasteiger partial charge in [0.15, 0.2) is 6.61 Å². The number of rotatable bonds is 3. The lowest BCUT2D eigenvalue weighted by atomic mass is 10.2. The molecule has 1 saturated heterocycles. The second-order valence-electron chi connectivity index (χ2n) is 3.92. The Bertz CT molecular complexity index is 549. The maximum absolute atomic E-state index is 11.6. The number of hydrogen-bond acceptors (Lipinski definition) is 7. The molecule has 7 heteroatoms. The summed E-state index contributed by atoms with van der Waals surface area (Å²) in [5.41, 5.74) is 0.198. The summed E-state index contributed by atoms with van der Waals surface area (Å²) in [7, 11) is 0. The van der Waals surface area contributed by atoms with Crippen molar-refractivity contribution in [2.24, 2.45) is 0 Å². The zero-order valence-electron chi connectivity index (χ0n) is 10.2. The van der Waals surface area contributed by atoms with Gasteiger partial charge < -0.3 is 14.2 Å². The summed E-state index contributed by atoms with van der Waals surface area (Å²) in [6, 6.07) is 7.88. The van der Waals surface area contributed by atoms with Crippen LogP contribution in [-0.2, 0) is 28.6 Å². The summed E-state index contributed by atoms with van der Waals surface area (Å²) in [5, 5.41) is 0. The van der Waals surface area contributed by atoms with E-state index in [1.807, 2.05) is 0 Å². The van der Waals surface area contributed by atoms with Gasteiger partial charge in [-0.25, -0.2) is 14.4 Å². The van der Waals surface area contributed by atoms with E-state index in [2.05, 4.69) is 14.2 Å². The van der Waals surface area contributed by atoms with Crippen LogP contribution in [0.3, 0.4) is 0 Å². The molecular weight excluding hydrogens is 268 g/mol. The number of esters is 4. The topological polar surface area (TPSA) is 96.0 Å². The third-order valence-electron chi connectivity index (χ3n) is 2.44. The van der Waals surface area contributed by atoms with Crippen molar-refractivity contribution in [2.45, 2.75) is 12.5 Å². The summed E-state index contributed by atoms with van der Waals surface area (Å²) < 4.78 is 13.7. The summed E-state index contributed by atoms with van der Waals surface area (Å²) in [6.07, 6.45) is -1.93. The highest BCUT2D eigenvalue weighted by atomic mass is 16.6. The molecule has 0 amide bonds. The molecule has 0 aromatic heterocycles. The van der Waals surface area contributed by atoms with E-state index in [9.17, 15) is 19.2 Å². The normalized spacial score (nSPS) is 17.9. The highest BCUT2D eigenvalue weighted by Gasteiger charge is 2.33. The molecule has 0 N–H and O–H groups in total. The highest BCUT2D eigenvalue weighted by molar-refractivity contribution is 5.98. The van der Waals surface area contributed by atoms with E-state index in [1.165, 1.54) is 12.1 Å². The molecule has 1 aliphatic rings. The Hall–Kier alpha value is -2.70. The summed E-state index contributed by atoms with van der Waals surface area (Å²) in [4.78, 5) is 45.2. The third kappa shape index (κ3) is 3.41. The van der Waals surface area contributed by atoms with Gasteiger partial charge in [0, 0.05) is 0 Å². The van der Waals surface area contributed by atoms with Crippen LogP contribution < -0.4 is 0 Å². The van der Waals surface area contributed by atoms with Gasteiger partial charge >= 0.3 is 23.9 Å². The van der Waals surface area contributed by atoms with Crippen molar-refractivity contribution < 1.29 is 33.4 Å². The van der Waals surface area contributed by atoms with Crippen molar-refractivity contribution in [3.8, 4) is 0 Å². The van der Waals surface area contributed by atoms with Crippen molar-refractivity contribution in [2.75, 3.05) is 6.61 Å². The smallest absolute Gasteiger partial charge is 0.348 e. The SMILES string of the molecule is O=C(CC1OC(=O)COC1=O)OC(=O)c1ccccc1. The van der Waals surface area contributed by atoms with Crippen LogP contribution in [0.15, 0.2) is 30.3 Å².